The third-order valence-corrected chi connectivity index (χ3v) is 4.70. The zero-order chi connectivity index (χ0) is 17.9. The molecule has 0 saturated heterocycles. The van der Waals surface area contributed by atoms with Crippen molar-refractivity contribution < 1.29 is 0 Å². The number of aromatic nitrogens is 5. The van der Waals surface area contributed by atoms with Crippen LogP contribution in [0.4, 0.5) is 5.82 Å². The molecule has 6 heteroatoms. The molecule has 3 aromatic heterocycles. The topological polar surface area (TPSA) is 67.7 Å². The van der Waals surface area contributed by atoms with E-state index in [2.05, 4.69) is 34.8 Å². The van der Waals surface area contributed by atoms with E-state index in [1.54, 1.807) is 12.4 Å². The second-order valence-corrected chi connectivity index (χ2v) is 6.41. The average Bonchev–Trinajstić information content (AvgIpc) is 2.73. The minimum absolute atomic E-state index is 0.754. The second-order valence-electron chi connectivity index (χ2n) is 6.41. The molecule has 0 amide bonds. The van der Waals surface area contributed by atoms with Crippen LogP contribution in [0, 0.1) is 0 Å². The van der Waals surface area contributed by atoms with Gasteiger partial charge in [-0.05, 0) is 30.5 Å². The molecular weight excluding hydrogens is 324 g/mol. The number of hydrogen-bond donors (Lipinski definition) is 0. The Morgan fingerprint density at radius 1 is 1.04 bits per heavy atom. The van der Waals surface area contributed by atoms with E-state index in [0.717, 1.165) is 66.8 Å². The highest BCUT2D eigenvalue weighted by molar-refractivity contribution is 5.57. The second kappa shape index (κ2) is 7.15. The average molecular weight is 346 g/mol. The summed E-state index contributed by atoms with van der Waals surface area (Å²) in [6.45, 7) is 5.88. The van der Waals surface area contributed by atoms with Gasteiger partial charge in [0.15, 0.2) is 5.82 Å². The van der Waals surface area contributed by atoms with Crippen molar-refractivity contribution in [2.24, 2.45) is 0 Å². The molecule has 1 aliphatic heterocycles. The van der Waals surface area contributed by atoms with Crippen LogP contribution in [0.2, 0.25) is 0 Å². The Morgan fingerprint density at radius 2 is 1.88 bits per heavy atom. The number of fused-ring (bicyclic) bond motifs is 1. The molecule has 0 aliphatic carbocycles. The molecule has 3 aromatic rings. The van der Waals surface area contributed by atoms with Crippen molar-refractivity contribution in [2.45, 2.75) is 39.7 Å². The molecule has 0 spiro atoms. The van der Waals surface area contributed by atoms with Crippen molar-refractivity contribution in [3.63, 3.8) is 0 Å². The lowest BCUT2D eigenvalue weighted by Crippen LogP contribution is -2.32. The van der Waals surface area contributed by atoms with Gasteiger partial charge < -0.3 is 4.90 Å². The van der Waals surface area contributed by atoms with Gasteiger partial charge in [-0.3, -0.25) is 4.98 Å². The third-order valence-electron chi connectivity index (χ3n) is 4.70. The predicted octanol–water partition coefficient (Wildman–Crippen LogP) is 3.02. The van der Waals surface area contributed by atoms with Gasteiger partial charge in [0, 0.05) is 48.9 Å². The number of hydrogen-bond acceptors (Lipinski definition) is 6. The maximum absolute atomic E-state index is 4.83. The third kappa shape index (κ3) is 3.27. The lowest BCUT2D eigenvalue weighted by Gasteiger charge is -2.29. The van der Waals surface area contributed by atoms with Crippen molar-refractivity contribution in [3.8, 4) is 11.4 Å². The van der Waals surface area contributed by atoms with E-state index in [9.17, 15) is 0 Å². The Kier molecular flexibility index (Phi) is 4.56. The van der Waals surface area contributed by atoms with E-state index in [4.69, 9.17) is 15.0 Å². The summed E-state index contributed by atoms with van der Waals surface area (Å²) in [5, 5.41) is 0. The summed E-state index contributed by atoms with van der Waals surface area (Å²) < 4.78 is 0. The monoisotopic (exact) mass is 346 g/mol. The van der Waals surface area contributed by atoms with Crippen LogP contribution in [-0.2, 0) is 25.8 Å². The van der Waals surface area contributed by atoms with E-state index >= 15 is 0 Å². The summed E-state index contributed by atoms with van der Waals surface area (Å²) in [4.78, 5) is 25.1. The summed E-state index contributed by atoms with van der Waals surface area (Å²) >= 11 is 0. The summed E-state index contributed by atoms with van der Waals surface area (Å²) in [5.41, 5.74) is 4.40. The highest BCUT2D eigenvalue weighted by Crippen LogP contribution is 2.25. The fourth-order valence-corrected chi connectivity index (χ4v) is 3.17. The Labute approximate surface area is 153 Å². The van der Waals surface area contributed by atoms with Crippen molar-refractivity contribution in [1.29, 1.82) is 0 Å². The summed E-state index contributed by atoms with van der Waals surface area (Å²) in [5.74, 6) is 2.62. The minimum Gasteiger partial charge on any atom is -0.350 e. The first-order valence-electron chi connectivity index (χ1n) is 9.13. The molecule has 0 radical (unpaired) electrons. The molecule has 0 atom stereocenters. The molecule has 1 aliphatic rings. The smallest absolute Gasteiger partial charge is 0.161 e. The van der Waals surface area contributed by atoms with Crippen molar-refractivity contribution >= 4 is 5.82 Å². The molecule has 0 unspecified atom stereocenters. The standard InChI is InChI=1S/C20H22N6/c1-3-16-11-19(25-20(23-16)14-5-8-21-9-6-14)26-10-7-15-12-22-18(4-2)24-17(15)13-26/h5-6,8-9,11-12H,3-4,7,10,13H2,1-2H3. The van der Waals surface area contributed by atoms with Gasteiger partial charge in [-0.1, -0.05) is 13.8 Å². The SMILES string of the molecule is CCc1cc(N2CCc3cnc(CC)nc3C2)nc(-c2ccncc2)n1. The molecule has 26 heavy (non-hydrogen) atoms. The van der Waals surface area contributed by atoms with Gasteiger partial charge in [0.1, 0.15) is 11.6 Å². The Bertz CT molecular complexity index is 909. The van der Waals surface area contributed by atoms with Gasteiger partial charge in [0.2, 0.25) is 0 Å². The minimum atomic E-state index is 0.754. The molecule has 0 N–H and O–H groups in total. The highest BCUT2D eigenvalue weighted by atomic mass is 15.2. The number of nitrogens with zero attached hydrogens (tertiary/aromatic N) is 6. The van der Waals surface area contributed by atoms with E-state index in [1.807, 2.05) is 18.3 Å². The van der Waals surface area contributed by atoms with E-state index in [1.165, 1.54) is 5.56 Å². The van der Waals surface area contributed by atoms with Crippen LogP contribution >= 0.6 is 0 Å². The molecule has 0 aromatic carbocycles. The largest absolute Gasteiger partial charge is 0.350 e. The van der Waals surface area contributed by atoms with Crippen molar-refractivity contribution in [3.05, 3.63) is 59.6 Å². The zero-order valence-corrected chi connectivity index (χ0v) is 15.2. The molecule has 4 rings (SSSR count). The molecule has 0 saturated carbocycles. The van der Waals surface area contributed by atoms with Crippen LogP contribution in [0.3, 0.4) is 0 Å². The van der Waals surface area contributed by atoms with Crippen LogP contribution in [0.1, 0.15) is 36.6 Å². The van der Waals surface area contributed by atoms with Gasteiger partial charge in [-0.25, -0.2) is 19.9 Å². The normalized spacial score (nSPS) is 13.5. The van der Waals surface area contributed by atoms with Gasteiger partial charge in [-0.2, -0.15) is 0 Å². The fourth-order valence-electron chi connectivity index (χ4n) is 3.17. The molecule has 0 fully saturated rings. The van der Waals surface area contributed by atoms with Gasteiger partial charge in [-0.15, -0.1) is 0 Å². The number of anilines is 1. The summed E-state index contributed by atoms with van der Waals surface area (Å²) in [6, 6.07) is 5.99. The Hall–Kier alpha value is -2.89. The van der Waals surface area contributed by atoms with E-state index in [0.29, 0.717) is 0 Å². The molecule has 4 heterocycles. The summed E-state index contributed by atoms with van der Waals surface area (Å²) in [7, 11) is 0. The first-order valence-corrected chi connectivity index (χ1v) is 9.13. The first kappa shape index (κ1) is 16.6. The predicted molar refractivity (Wildman–Crippen MR) is 101 cm³/mol. The van der Waals surface area contributed by atoms with Crippen molar-refractivity contribution in [1.82, 2.24) is 24.9 Å². The molecular formula is C20H22N6. The Morgan fingerprint density at radius 3 is 2.65 bits per heavy atom. The summed E-state index contributed by atoms with van der Waals surface area (Å²) in [6.07, 6.45) is 8.20. The van der Waals surface area contributed by atoms with Crippen LogP contribution in [-0.4, -0.2) is 31.5 Å². The fraction of sp³-hybridized carbons (Fsp3) is 0.350. The number of aryl methyl sites for hydroxylation is 2. The molecule has 6 nitrogen and oxygen atoms in total. The van der Waals surface area contributed by atoms with Crippen LogP contribution < -0.4 is 4.90 Å². The van der Waals surface area contributed by atoms with Crippen LogP contribution in [0.15, 0.2) is 36.8 Å². The highest BCUT2D eigenvalue weighted by Gasteiger charge is 2.20. The number of rotatable bonds is 4. The lowest BCUT2D eigenvalue weighted by atomic mass is 10.1. The van der Waals surface area contributed by atoms with Gasteiger partial charge >= 0.3 is 0 Å². The first-order chi connectivity index (χ1) is 12.8. The van der Waals surface area contributed by atoms with E-state index < -0.39 is 0 Å². The maximum Gasteiger partial charge on any atom is 0.161 e. The van der Waals surface area contributed by atoms with Crippen molar-refractivity contribution in [2.75, 3.05) is 11.4 Å². The maximum atomic E-state index is 4.83. The Balaban J connectivity index is 1.69. The van der Waals surface area contributed by atoms with Crippen LogP contribution in [0.25, 0.3) is 11.4 Å². The zero-order valence-electron chi connectivity index (χ0n) is 15.2. The lowest BCUT2D eigenvalue weighted by molar-refractivity contribution is 0.683. The van der Waals surface area contributed by atoms with Gasteiger partial charge in [0.25, 0.3) is 0 Å². The molecule has 0 bridgehead atoms. The quantitative estimate of drug-likeness (QED) is 0.723. The van der Waals surface area contributed by atoms with Crippen LogP contribution in [0.5, 0.6) is 0 Å². The number of pyridine rings is 1. The van der Waals surface area contributed by atoms with E-state index in [-0.39, 0.29) is 0 Å². The molecule has 132 valence electrons. The van der Waals surface area contributed by atoms with Gasteiger partial charge in [0.05, 0.1) is 12.2 Å².